The van der Waals surface area contributed by atoms with E-state index in [1.807, 2.05) is 30.3 Å². The lowest BCUT2D eigenvalue weighted by atomic mass is 9.83. The number of halogens is 3. The summed E-state index contributed by atoms with van der Waals surface area (Å²) in [7, 11) is 3.06. The van der Waals surface area contributed by atoms with Crippen LogP contribution in [0.2, 0.25) is 0 Å². The summed E-state index contributed by atoms with van der Waals surface area (Å²) < 4.78 is 20.4. The average Bonchev–Trinajstić information content (AvgIpc) is 3.14. The normalized spacial score (nSPS) is 15.7. The van der Waals surface area contributed by atoms with Gasteiger partial charge in [-0.15, -0.1) is 12.4 Å². The number of carbonyl (C=O) groups excluding carboxylic acids is 3. The Morgan fingerprint density at radius 1 is 1.11 bits per heavy atom. The number of carbonyl (C=O) groups is 3. The third-order valence-corrected chi connectivity index (χ3v) is 8.98. The molecule has 0 fully saturated rings. The van der Waals surface area contributed by atoms with Crippen LogP contribution in [0.25, 0.3) is 10.8 Å². The van der Waals surface area contributed by atoms with Gasteiger partial charge in [0, 0.05) is 22.1 Å². The van der Waals surface area contributed by atoms with Gasteiger partial charge in [0.2, 0.25) is 11.8 Å². The monoisotopic (exact) mass is 693 g/mol. The molecular weight excluding hydrogens is 665 g/mol. The zero-order valence-electron chi connectivity index (χ0n) is 24.6. The van der Waals surface area contributed by atoms with Crippen molar-refractivity contribution in [2.75, 3.05) is 30.5 Å². The highest BCUT2D eigenvalue weighted by Gasteiger charge is 2.49. The smallest absolute Gasteiger partial charge is 0.258 e. The van der Waals surface area contributed by atoms with Gasteiger partial charge in [0.15, 0.2) is 0 Å². The zero-order valence-corrected chi connectivity index (χ0v) is 27.0. The van der Waals surface area contributed by atoms with Gasteiger partial charge in [0.05, 0.1) is 42.6 Å². The Hall–Kier alpha value is -4.50. The van der Waals surface area contributed by atoms with Crippen LogP contribution >= 0.6 is 28.3 Å². The molecular formula is C33H30BrClFN5O4. The van der Waals surface area contributed by atoms with Gasteiger partial charge in [-0.3, -0.25) is 14.4 Å². The van der Waals surface area contributed by atoms with Crippen molar-refractivity contribution in [1.82, 2.24) is 5.32 Å². The quantitative estimate of drug-likeness (QED) is 0.270. The van der Waals surface area contributed by atoms with Crippen LogP contribution in [0.1, 0.15) is 28.4 Å². The standard InChI is InChI=1S/C33H29BrFN5O4.ClH/c1-33(38-2,32(37)43)25-18-40(30(41)20-8-10-21(35)11-9-20)28-15-19(16-36)7-13-27(28)39(31(25)42)17-24-22-5-4-6-26(34)23(22)12-14-29(24)44-3;/h4-15,25,38H,17-18H2,1-3H3,(H2,37,43);1H/t25?,33-;/m0./s1. The maximum Gasteiger partial charge on any atom is 0.258 e. The maximum absolute atomic E-state index is 14.7. The first-order valence-electron chi connectivity index (χ1n) is 13.7. The van der Waals surface area contributed by atoms with E-state index in [1.165, 1.54) is 61.2 Å². The fourth-order valence-electron chi connectivity index (χ4n) is 5.58. The molecule has 1 heterocycles. The third-order valence-electron chi connectivity index (χ3n) is 8.29. The molecule has 4 aromatic rings. The summed E-state index contributed by atoms with van der Waals surface area (Å²) in [6.45, 7) is 1.26. The van der Waals surface area contributed by atoms with E-state index in [9.17, 15) is 24.0 Å². The van der Waals surface area contributed by atoms with Crippen molar-refractivity contribution >= 4 is 68.2 Å². The second-order valence-corrected chi connectivity index (χ2v) is 11.5. The summed E-state index contributed by atoms with van der Waals surface area (Å²) in [4.78, 5) is 44.5. The first-order chi connectivity index (χ1) is 21.0. The zero-order chi connectivity index (χ0) is 31.8. The fourth-order valence-corrected chi connectivity index (χ4v) is 6.08. The molecule has 2 atom stereocenters. The second kappa shape index (κ2) is 13.2. The molecule has 0 saturated carbocycles. The minimum absolute atomic E-state index is 0. The molecule has 0 aromatic heterocycles. The first kappa shape index (κ1) is 33.4. The van der Waals surface area contributed by atoms with Gasteiger partial charge in [-0.05, 0) is 85.4 Å². The molecule has 1 unspecified atom stereocenters. The Labute approximate surface area is 274 Å². The number of benzene rings is 4. The van der Waals surface area contributed by atoms with Crippen LogP contribution in [-0.4, -0.2) is 44.0 Å². The predicted octanol–water partition coefficient (Wildman–Crippen LogP) is 5.32. The molecule has 5 rings (SSSR count). The van der Waals surface area contributed by atoms with Crippen molar-refractivity contribution in [3.05, 3.63) is 99.8 Å². The number of nitrogens with zero attached hydrogens (tertiary/aromatic N) is 3. The number of fused-ring (bicyclic) bond motifs is 2. The first-order valence-corrected chi connectivity index (χ1v) is 14.5. The van der Waals surface area contributed by atoms with Crippen molar-refractivity contribution in [2.45, 2.75) is 19.0 Å². The van der Waals surface area contributed by atoms with E-state index in [2.05, 4.69) is 27.3 Å². The van der Waals surface area contributed by atoms with Gasteiger partial charge in [0.25, 0.3) is 5.91 Å². The Balaban J connectivity index is 0.00000461. The molecule has 3 N–H and O–H groups in total. The minimum atomic E-state index is -1.58. The maximum atomic E-state index is 14.7. The third kappa shape index (κ3) is 5.96. The molecule has 9 nitrogen and oxygen atoms in total. The predicted molar refractivity (Wildman–Crippen MR) is 176 cm³/mol. The van der Waals surface area contributed by atoms with E-state index in [4.69, 9.17) is 10.5 Å². The number of hydrogen-bond acceptors (Lipinski definition) is 6. The number of anilines is 2. The molecule has 12 heteroatoms. The lowest BCUT2D eigenvalue weighted by Gasteiger charge is -2.36. The highest BCUT2D eigenvalue weighted by molar-refractivity contribution is 9.10. The molecule has 0 aliphatic carbocycles. The Kier molecular flexibility index (Phi) is 9.83. The molecule has 45 heavy (non-hydrogen) atoms. The van der Waals surface area contributed by atoms with E-state index < -0.39 is 35.0 Å². The van der Waals surface area contributed by atoms with E-state index in [0.29, 0.717) is 17.0 Å². The van der Waals surface area contributed by atoms with E-state index in [0.717, 1.165) is 15.2 Å². The highest BCUT2D eigenvalue weighted by atomic mass is 79.9. The van der Waals surface area contributed by atoms with Crippen molar-refractivity contribution in [1.29, 1.82) is 5.26 Å². The Morgan fingerprint density at radius 3 is 2.44 bits per heavy atom. The summed E-state index contributed by atoms with van der Waals surface area (Å²) in [5, 5.41) is 14.4. The van der Waals surface area contributed by atoms with Crippen LogP contribution in [0.15, 0.2) is 77.3 Å². The number of nitriles is 1. The number of hydrogen-bond donors (Lipinski definition) is 2. The molecule has 3 amide bonds. The van der Waals surface area contributed by atoms with Crippen molar-refractivity contribution in [2.24, 2.45) is 11.7 Å². The average molecular weight is 695 g/mol. The van der Waals surface area contributed by atoms with Crippen LogP contribution < -0.4 is 25.6 Å². The fraction of sp³-hybridized carbons (Fsp3) is 0.212. The summed E-state index contributed by atoms with van der Waals surface area (Å²) >= 11 is 3.60. The highest BCUT2D eigenvalue weighted by Crippen LogP contribution is 2.41. The SMILES string of the molecule is CN[C@](C)(C(N)=O)C1CN(C(=O)c2ccc(F)cc2)c2cc(C#N)ccc2N(Cc2c(OC)ccc3c(Br)cccc23)C1=O.Cl. The van der Waals surface area contributed by atoms with Gasteiger partial charge in [-0.2, -0.15) is 5.26 Å². The van der Waals surface area contributed by atoms with Gasteiger partial charge < -0.3 is 25.6 Å². The van der Waals surface area contributed by atoms with E-state index >= 15 is 0 Å². The van der Waals surface area contributed by atoms with Crippen molar-refractivity contribution in [3.8, 4) is 11.8 Å². The van der Waals surface area contributed by atoms with Gasteiger partial charge in [0.1, 0.15) is 17.1 Å². The summed E-state index contributed by atoms with van der Waals surface area (Å²) in [5.74, 6) is -2.96. The molecule has 0 bridgehead atoms. The number of likely N-dealkylation sites (N-methyl/N-ethyl adjacent to an activating group) is 1. The summed E-state index contributed by atoms with van der Waals surface area (Å²) in [5.41, 5.74) is 6.01. The van der Waals surface area contributed by atoms with Crippen LogP contribution in [-0.2, 0) is 16.1 Å². The summed E-state index contributed by atoms with van der Waals surface area (Å²) in [6, 6.07) is 21.2. The molecule has 0 spiro atoms. The second-order valence-electron chi connectivity index (χ2n) is 10.6. The minimum Gasteiger partial charge on any atom is -0.496 e. The Bertz CT molecular complexity index is 1850. The van der Waals surface area contributed by atoms with Crippen LogP contribution in [0.5, 0.6) is 5.75 Å². The molecule has 232 valence electrons. The number of ether oxygens (including phenoxy) is 1. The number of nitrogens with two attached hydrogens (primary N) is 1. The van der Waals surface area contributed by atoms with E-state index in [1.54, 1.807) is 12.1 Å². The number of rotatable bonds is 7. The molecule has 4 aromatic carbocycles. The van der Waals surface area contributed by atoms with Gasteiger partial charge in [-0.25, -0.2) is 4.39 Å². The van der Waals surface area contributed by atoms with Crippen molar-refractivity contribution < 1.29 is 23.5 Å². The summed E-state index contributed by atoms with van der Waals surface area (Å²) in [6.07, 6.45) is 0. The van der Waals surface area contributed by atoms with Gasteiger partial charge >= 0.3 is 0 Å². The number of amides is 3. The van der Waals surface area contributed by atoms with E-state index in [-0.39, 0.29) is 42.3 Å². The van der Waals surface area contributed by atoms with Crippen LogP contribution in [0.3, 0.4) is 0 Å². The van der Waals surface area contributed by atoms with Crippen LogP contribution in [0.4, 0.5) is 15.8 Å². The molecule has 0 saturated heterocycles. The molecule has 0 radical (unpaired) electrons. The van der Waals surface area contributed by atoms with Crippen LogP contribution in [0, 0.1) is 23.1 Å². The van der Waals surface area contributed by atoms with Gasteiger partial charge in [-0.1, -0.05) is 28.1 Å². The number of nitrogens with one attached hydrogen (secondary N) is 1. The largest absolute Gasteiger partial charge is 0.496 e. The molecule has 1 aliphatic rings. The lowest BCUT2D eigenvalue weighted by molar-refractivity contribution is -0.133. The Morgan fingerprint density at radius 2 is 1.82 bits per heavy atom. The number of primary amides is 1. The topological polar surface area (TPSA) is 129 Å². The van der Waals surface area contributed by atoms with Crippen molar-refractivity contribution in [3.63, 3.8) is 0 Å². The molecule has 1 aliphatic heterocycles. The lowest BCUT2D eigenvalue weighted by Crippen LogP contribution is -2.63. The number of methoxy groups -OCH3 is 1.